The minimum absolute atomic E-state index is 0.0825. The Morgan fingerprint density at radius 3 is 2.80 bits per heavy atom. The third-order valence-corrected chi connectivity index (χ3v) is 4.09. The van der Waals surface area contributed by atoms with Crippen molar-refractivity contribution in [1.29, 1.82) is 0 Å². The molecule has 1 fully saturated rings. The number of nitrogens with two attached hydrogens (primary N) is 1. The van der Waals surface area contributed by atoms with Crippen LogP contribution in [0.25, 0.3) is 0 Å². The number of halogens is 1. The molecule has 0 bridgehead atoms. The highest BCUT2D eigenvalue weighted by atomic mass is 79.9. The SMILES string of the molecule is C[C@@H]1C[C@@]1(CN)[C@H](O)c1cccc(Br)c1. The second kappa shape index (κ2) is 3.89. The molecule has 1 aromatic carbocycles. The largest absolute Gasteiger partial charge is 0.388 e. The van der Waals surface area contributed by atoms with E-state index in [-0.39, 0.29) is 5.41 Å². The van der Waals surface area contributed by atoms with Gasteiger partial charge in [-0.25, -0.2) is 0 Å². The summed E-state index contributed by atoms with van der Waals surface area (Å²) in [7, 11) is 0. The Labute approximate surface area is 98.6 Å². The monoisotopic (exact) mass is 269 g/mol. The van der Waals surface area contributed by atoms with Gasteiger partial charge in [0, 0.05) is 16.4 Å². The number of aliphatic hydroxyl groups is 1. The Balaban J connectivity index is 2.25. The van der Waals surface area contributed by atoms with Crippen molar-refractivity contribution in [1.82, 2.24) is 0 Å². The first-order chi connectivity index (χ1) is 7.10. The lowest BCUT2D eigenvalue weighted by Crippen LogP contribution is -2.25. The van der Waals surface area contributed by atoms with E-state index in [2.05, 4.69) is 22.9 Å². The summed E-state index contributed by atoms with van der Waals surface area (Å²) >= 11 is 3.41. The van der Waals surface area contributed by atoms with E-state index in [0.717, 1.165) is 16.5 Å². The second-order valence-electron chi connectivity index (χ2n) is 4.50. The van der Waals surface area contributed by atoms with Crippen molar-refractivity contribution >= 4 is 15.9 Å². The molecule has 3 N–H and O–H groups in total. The lowest BCUT2D eigenvalue weighted by Gasteiger charge is -2.22. The second-order valence-corrected chi connectivity index (χ2v) is 5.42. The molecule has 0 saturated heterocycles. The highest BCUT2D eigenvalue weighted by Crippen LogP contribution is 2.59. The number of hydrogen-bond donors (Lipinski definition) is 2. The van der Waals surface area contributed by atoms with Gasteiger partial charge in [-0.2, -0.15) is 0 Å². The van der Waals surface area contributed by atoms with Crippen molar-refractivity contribution < 1.29 is 5.11 Å². The Morgan fingerprint density at radius 2 is 2.33 bits per heavy atom. The summed E-state index contributed by atoms with van der Waals surface area (Å²) < 4.78 is 1.000. The molecule has 0 spiro atoms. The first kappa shape index (κ1) is 11.1. The zero-order valence-electron chi connectivity index (χ0n) is 8.78. The molecular weight excluding hydrogens is 254 g/mol. The number of benzene rings is 1. The van der Waals surface area contributed by atoms with Crippen molar-refractivity contribution in [3.63, 3.8) is 0 Å². The maximum Gasteiger partial charge on any atom is 0.0861 e. The van der Waals surface area contributed by atoms with Gasteiger partial charge in [0.25, 0.3) is 0 Å². The molecule has 0 unspecified atom stereocenters. The molecule has 3 heteroatoms. The third-order valence-electron chi connectivity index (χ3n) is 3.60. The lowest BCUT2D eigenvalue weighted by atomic mass is 9.91. The molecule has 0 aliphatic heterocycles. The predicted molar refractivity (Wildman–Crippen MR) is 64.4 cm³/mol. The Morgan fingerprint density at radius 1 is 1.67 bits per heavy atom. The van der Waals surface area contributed by atoms with Crippen LogP contribution < -0.4 is 5.73 Å². The van der Waals surface area contributed by atoms with Gasteiger partial charge in [0.15, 0.2) is 0 Å². The van der Waals surface area contributed by atoms with Gasteiger partial charge in [-0.05, 0) is 30.0 Å². The van der Waals surface area contributed by atoms with Gasteiger partial charge in [0.2, 0.25) is 0 Å². The Hall–Kier alpha value is -0.380. The highest BCUT2D eigenvalue weighted by molar-refractivity contribution is 9.10. The quantitative estimate of drug-likeness (QED) is 0.886. The summed E-state index contributed by atoms with van der Waals surface area (Å²) in [6.07, 6.45) is 0.590. The molecule has 15 heavy (non-hydrogen) atoms. The standard InChI is InChI=1S/C12H16BrNO/c1-8-6-12(8,7-14)11(15)9-3-2-4-10(13)5-9/h2-5,8,11,15H,6-7,14H2,1H3/t8-,11-,12+/m1/s1. The minimum atomic E-state index is -0.435. The summed E-state index contributed by atoms with van der Waals surface area (Å²) in [6, 6.07) is 7.83. The van der Waals surface area contributed by atoms with Crippen LogP contribution in [-0.4, -0.2) is 11.7 Å². The van der Waals surface area contributed by atoms with E-state index in [0.29, 0.717) is 12.5 Å². The predicted octanol–water partition coefficient (Wildman–Crippen LogP) is 2.47. The maximum atomic E-state index is 10.3. The van der Waals surface area contributed by atoms with E-state index in [4.69, 9.17) is 5.73 Å². The highest BCUT2D eigenvalue weighted by Gasteiger charge is 2.55. The zero-order valence-corrected chi connectivity index (χ0v) is 10.4. The fourth-order valence-corrected chi connectivity index (χ4v) is 2.71. The van der Waals surface area contributed by atoms with Crippen molar-refractivity contribution in [2.24, 2.45) is 17.1 Å². The van der Waals surface area contributed by atoms with Crippen LogP contribution in [0.4, 0.5) is 0 Å². The van der Waals surface area contributed by atoms with E-state index in [9.17, 15) is 5.11 Å². The van der Waals surface area contributed by atoms with Crippen LogP contribution >= 0.6 is 15.9 Å². The van der Waals surface area contributed by atoms with Crippen LogP contribution in [-0.2, 0) is 0 Å². The molecule has 1 aromatic rings. The van der Waals surface area contributed by atoms with Gasteiger partial charge in [-0.1, -0.05) is 35.0 Å². The fourth-order valence-electron chi connectivity index (χ4n) is 2.30. The molecule has 1 saturated carbocycles. The number of aliphatic hydroxyl groups excluding tert-OH is 1. The molecular formula is C12H16BrNO. The van der Waals surface area contributed by atoms with Crippen LogP contribution in [0.5, 0.6) is 0 Å². The summed E-state index contributed by atoms with van der Waals surface area (Å²) in [5.41, 5.74) is 6.64. The van der Waals surface area contributed by atoms with Crippen LogP contribution in [0.1, 0.15) is 25.0 Å². The normalized spacial score (nSPS) is 31.3. The van der Waals surface area contributed by atoms with Crippen LogP contribution in [0.2, 0.25) is 0 Å². The first-order valence-corrected chi connectivity index (χ1v) is 6.03. The van der Waals surface area contributed by atoms with Crippen LogP contribution in [0.3, 0.4) is 0 Å². The van der Waals surface area contributed by atoms with Gasteiger partial charge < -0.3 is 10.8 Å². The van der Waals surface area contributed by atoms with E-state index < -0.39 is 6.10 Å². The summed E-state index contributed by atoms with van der Waals surface area (Å²) in [4.78, 5) is 0. The molecule has 0 heterocycles. The third kappa shape index (κ3) is 1.84. The number of rotatable bonds is 3. The Bertz CT molecular complexity index is 364. The molecule has 0 aromatic heterocycles. The first-order valence-electron chi connectivity index (χ1n) is 5.24. The van der Waals surface area contributed by atoms with Gasteiger partial charge >= 0.3 is 0 Å². The topological polar surface area (TPSA) is 46.2 Å². The Kier molecular flexibility index (Phi) is 2.88. The molecule has 82 valence electrons. The van der Waals surface area contributed by atoms with E-state index in [1.165, 1.54) is 0 Å². The van der Waals surface area contributed by atoms with E-state index in [1.807, 2.05) is 24.3 Å². The summed E-state index contributed by atoms with van der Waals surface area (Å²) in [5, 5.41) is 10.3. The molecule has 2 rings (SSSR count). The lowest BCUT2D eigenvalue weighted by molar-refractivity contribution is 0.0888. The minimum Gasteiger partial charge on any atom is -0.388 e. The summed E-state index contributed by atoms with van der Waals surface area (Å²) in [5.74, 6) is 0.525. The van der Waals surface area contributed by atoms with Gasteiger partial charge in [-0.15, -0.1) is 0 Å². The van der Waals surface area contributed by atoms with Crippen molar-refractivity contribution in [3.8, 4) is 0 Å². The van der Waals surface area contributed by atoms with Crippen LogP contribution in [0, 0.1) is 11.3 Å². The molecule has 1 aliphatic rings. The average molecular weight is 270 g/mol. The molecule has 1 aliphatic carbocycles. The van der Waals surface area contributed by atoms with Gasteiger partial charge in [0.1, 0.15) is 0 Å². The molecule has 3 atom stereocenters. The number of hydrogen-bond acceptors (Lipinski definition) is 2. The van der Waals surface area contributed by atoms with Crippen molar-refractivity contribution in [2.75, 3.05) is 6.54 Å². The molecule has 0 amide bonds. The average Bonchev–Trinajstić information content (AvgIpc) is 2.90. The zero-order chi connectivity index (χ0) is 11.1. The summed E-state index contributed by atoms with van der Waals surface area (Å²) in [6.45, 7) is 2.70. The van der Waals surface area contributed by atoms with Crippen molar-refractivity contribution in [3.05, 3.63) is 34.3 Å². The smallest absolute Gasteiger partial charge is 0.0861 e. The molecule has 0 radical (unpaired) electrons. The van der Waals surface area contributed by atoms with Gasteiger partial charge in [0.05, 0.1) is 6.10 Å². The van der Waals surface area contributed by atoms with Crippen LogP contribution in [0.15, 0.2) is 28.7 Å². The van der Waals surface area contributed by atoms with E-state index >= 15 is 0 Å². The van der Waals surface area contributed by atoms with Gasteiger partial charge in [-0.3, -0.25) is 0 Å². The van der Waals surface area contributed by atoms with Crippen molar-refractivity contribution in [2.45, 2.75) is 19.4 Å². The molecule has 2 nitrogen and oxygen atoms in total. The maximum absolute atomic E-state index is 10.3. The fraction of sp³-hybridized carbons (Fsp3) is 0.500. The van der Waals surface area contributed by atoms with E-state index in [1.54, 1.807) is 0 Å².